The van der Waals surface area contributed by atoms with E-state index in [1.807, 2.05) is 48.5 Å². The maximum atomic E-state index is 12.4. The SMILES string of the molecule is N#Cc1cc(=O)n(-c2nc3ccccc3[nH]2)c2ccccc12. The van der Waals surface area contributed by atoms with Gasteiger partial charge < -0.3 is 4.98 Å². The van der Waals surface area contributed by atoms with E-state index in [0.717, 1.165) is 16.4 Å². The molecule has 104 valence electrons. The molecule has 2 aromatic carbocycles. The Bertz CT molecular complexity index is 1080. The monoisotopic (exact) mass is 286 g/mol. The molecule has 0 amide bonds. The molecule has 0 bridgehead atoms. The summed E-state index contributed by atoms with van der Waals surface area (Å²) in [6, 6.07) is 18.3. The van der Waals surface area contributed by atoms with Gasteiger partial charge in [-0.15, -0.1) is 0 Å². The molecule has 0 aliphatic heterocycles. The first-order valence-corrected chi connectivity index (χ1v) is 6.78. The molecule has 0 unspecified atom stereocenters. The van der Waals surface area contributed by atoms with Gasteiger partial charge >= 0.3 is 0 Å². The lowest BCUT2D eigenvalue weighted by Crippen LogP contribution is -2.19. The van der Waals surface area contributed by atoms with Crippen LogP contribution in [0.3, 0.4) is 0 Å². The average molecular weight is 286 g/mol. The lowest BCUT2D eigenvalue weighted by Gasteiger charge is -2.07. The third-order valence-electron chi connectivity index (χ3n) is 3.63. The zero-order valence-electron chi connectivity index (χ0n) is 11.4. The van der Waals surface area contributed by atoms with Crippen LogP contribution in [0.25, 0.3) is 27.9 Å². The van der Waals surface area contributed by atoms with Crippen LogP contribution in [0.15, 0.2) is 59.4 Å². The molecule has 1 N–H and O–H groups in total. The molecule has 0 atom stereocenters. The first kappa shape index (κ1) is 12.4. The van der Waals surface area contributed by atoms with Crippen molar-refractivity contribution in [2.75, 3.05) is 0 Å². The van der Waals surface area contributed by atoms with E-state index in [2.05, 4.69) is 16.0 Å². The van der Waals surface area contributed by atoms with E-state index in [-0.39, 0.29) is 5.56 Å². The molecule has 4 aromatic rings. The first-order chi connectivity index (χ1) is 10.8. The molecule has 0 spiro atoms. The van der Waals surface area contributed by atoms with Gasteiger partial charge in [-0.05, 0) is 18.2 Å². The number of para-hydroxylation sites is 3. The highest BCUT2D eigenvalue weighted by molar-refractivity contribution is 5.86. The molecule has 0 aliphatic rings. The summed E-state index contributed by atoms with van der Waals surface area (Å²) in [5.74, 6) is 0.451. The number of hydrogen-bond acceptors (Lipinski definition) is 3. The molecule has 0 saturated heterocycles. The highest BCUT2D eigenvalue weighted by Gasteiger charge is 2.12. The van der Waals surface area contributed by atoms with Crippen LogP contribution in [0.4, 0.5) is 0 Å². The smallest absolute Gasteiger partial charge is 0.259 e. The van der Waals surface area contributed by atoms with Gasteiger partial charge in [-0.25, -0.2) is 9.55 Å². The second kappa shape index (κ2) is 4.57. The Hall–Kier alpha value is -3.39. The number of nitrogens with zero attached hydrogens (tertiary/aromatic N) is 3. The van der Waals surface area contributed by atoms with E-state index in [9.17, 15) is 10.1 Å². The number of benzene rings is 2. The topological polar surface area (TPSA) is 74.5 Å². The van der Waals surface area contributed by atoms with Crippen molar-refractivity contribution in [2.45, 2.75) is 0 Å². The van der Waals surface area contributed by atoms with Gasteiger partial charge in [0.2, 0.25) is 5.95 Å². The quantitative estimate of drug-likeness (QED) is 0.584. The third kappa shape index (κ3) is 1.71. The van der Waals surface area contributed by atoms with E-state index >= 15 is 0 Å². The van der Waals surface area contributed by atoms with Crippen molar-refractivity contribution in [3.05, 3.63) is 70.5 Å². The van der Waals surface area contributed by atoms with Gasteiger partial charge in [0.15, 0.2) is 0 Å². The number of aromatic amines is 1. The number of rotatable bonds is 1. The molecule has 2 aromatic heterocycles. The predicted molar refractivity (Wildman–Crippen MR) is 83.9 cm³/mol. The number of fused-ring (bicyclic) bond motifs is 2. The van der Waals surface area contributed by atoms with E-state index in [1.165, 1.54) is 10.6 Å². The summed E-state index contributed by atoms with van der Waals surface area (Å²) in [6.45, 7) is 0. The van der Waals surface area contributed by atoms with E-state index in [4.69, 9.17) is 0 Å². The van der Waals surface area contributed by atoms with Crippen molar-refractivity contribution < 1.29 is 0 Å². The van der Waals surface area contributed by atoms with Crippen molar-refractivity contribution in [1.29, 1.82) is 5.26 Å². The summed E-state index contributed by atoms with van der Waals surface area (Å²) >= 11 is 0. The maximum Gasteiger partial charge on any atom is 0.259 e. The summed E-state index contributed by atoms with van der Waals surface area (Å²) in [7, 11) is 0. The van der Waals surface area contributed by atoms with Crippen LogP contribution in [0.5, 0.6) is 0 Å². The minimum absolute atomic E-state index is 0.283. The van der Waals surface area contributed by atoms with Crippen molar-refractivity contribution >= 4 is 21.9 Å². The van der Waals surface area contributed by atoms with Gasteiger partial charge in [0.1, 0.15) is 6.07 Å². The van der Waals surface area contributed by atoms with Crippen LogP contribution >= 0.6 is 0 Å². The Morgan fingerprint density at radius 2 is 1.86 bits per heavy atom. The Labute approximate surface area is 125 Å². The second-order valence-electron chi connectivity index (χ2n) is 4.94. The van der Waals surface area contributed by atoms with Crippen LogP contribution < -0.4 is 5.56 Å². The number of nitriles is 1. The average Bonchev–Trinajstić information content (AvgIpc) is 2.97. The highest BCUT2D eigenvalue weighted by atomic mass is 16.1. The standard InChI is InChI=1S/C17H10N4O/c18-10-11-9-16(22)21(15-8-4-1-5-12(11)15)17-19-13-6-2-3-7-14(13)20-17/h1-9H,(H,19,20). The molecule has 0 radical (unpaired) electrons. The lowest BCUT2D eigenvalue weighted by molar-refractivity contribution is 0.958. The largest absolute Gasteiger partial charge is 0.323 e. The number of imidazole rings is 1. The van der Waals surface area contributed by atoms with Crippen molar-refractivity contribution in [3.8, 4) is 12.0 Å². The molecular weight excluding hydrogens is 276 g/mol. The zero-order chi connectivity index (χ0) is 15.1. The number of hydrogen-bond donors (Lipinski definition) is 1. The summed E-state index contributed by atoms with van der Waals surface area (Å²) in [6.07, 6.45) is 0. The summed E-state index contributed by atoms with van der Waals surface area (Å²) < 4.78 is 1.50. The Morgan fingerprint density at radius 1 is 1.09 bits per heavy atom. The Kier molecular flexibility index (Phi) is 2.57. The van der Waals surface area contributed by atoms with Crippen LogP contribution in [0, 0.1) is 11.3 Å². The van der Waals surface area contributed by atoms with Crippen LogP contribution in [-0.2, 0) is 0 Å². The molecule has 4 rings (SSSR count). The third-order valence-corrected chi connectivity index (χ3v) is 3.63. The highest BCUT2D eigenvalue weighted by Crippen LogP contribution is 2.20. The molecule has 0 aliphatic carbocycles. The minimum Gasteiger partial charge on any atom is -0.323 e. The molecule has 2 heterocycles. The van der Waals surface area contributed by atoms with E-state index < -0.39 is 0 Å². The molecular formula is C17H10N4O. The van der Waals surface area contributed by atoms with Gasteiger partial charge in [0.25, 0.3) is 5.56 Å². The lowest BCUT2D eigenvalue weighted by atomic mass is 10.1. The summed E-state index contributed by atoms with van der Waals surface area (Å²) in [4.78, 5) is 20.1. The Morgan fingerprint density at radius 3 is 2.68 bits per heavy atom. The number of nitrogens with one attached hydrogen (secondary N) is 1. The molecule has 5 nitrogen and oxygen atoms in total. The first-order valence-electron chi connectivity index (χ1n) is 6.78. The van der Waals surface area contributed by atoms with Crippen LogP contribution in [0.2, 0.25) is 0 Å². The van der Waals surface area contributed by atoms with Crippen molar-refractivity contribution in [1.82, 2.24) is 14.5 Å². The molecule has 5 heteroatoms. The fraction of sp³-hybridized carbons (Fsp3) is 0. The number of pyridine rings is 1. The van der Waals surface area contributed by atoms with Gasteiger partial charge in [-0.1, -0.05) is 30.3 Å². The fourth-order valence-electron chi connectivity index (χ4n) is 2.64. The molecule has 0 saturated carbocycles. The fourth-order valence-corrected chi connectivity index (χ4v) is 2.64. The molecule has 0 fully saturated rings. The second-order valence-corrected chi connectivity index (χ2v) is 4.94. The van der Waals surface area contributed by atoms with Gasteiger partial charge in [-0.3, -0.25) is 4.79 Å². The van der Waals surface area contributed by atoms with E-state index in [0.29, 0.717) is 17.0 Å². The normalized spacial score (nSPS) is 10.9. The number of aromatic nitrogens is 3. The van der Waals surface area contributed by atoms with E-state index in [1.54, 1.807) is 0 Å². The summed E-state index contributed by atoms with van der Waals surface area (Å²) in [5, 5.41) is 9.94. The summed E-state index contributed by atoms with van der Waals surface area (Å²) in [5.41, 5.74) is 2.39. The van der Waals surface area contributed by atoms with Gasteiger partial charge in [-0.2, -0.15) is 5.26 Å². The zero-order valence-corrected chi connectivity index (χ0v) is 11.4. The van der Waals surface area contributed by atoms with Gasteiger partial charge in [0.05, 0.1) is 22.1 Å². The number of H-pyrrole nitrogens is 1. The Balaban J connectivity index is 2.13. The minimum atomic E-state index is -0.283. The van der Waals surface area contributed by atoms with Crippen LogP contribution in [0.1, 0.15) is 5.56 Å². The maximum absolute atomic E-state index is 12.4. The predicted octanol–water partition coefficient (Wildman–Crippen LogP) is 2.74. The van der Waals surface area contributed by atoms with Gasteiger partial charge in [0, 0.05) is 11.5 Å². The van der Waals surface area contributed by atoms with Crippen LogP contribution in [-0.4, -0.2) is 14.5 Å². The molecule has 22 heavy (non-hydrogen) atoms. The van der Waals surface area contributed by atoms with Crippen molar-refractivity contribution in [3.63, 3.8) is 0 Å². The van der Waals surface area contributed by atoms with Crippen molar-refractivity contribution in [2.24, 2.45) is 0 Å².